The molecule has 0 heterocycles. The Morgan fingerprint density at radius 2 is 1.53 bits per heavy atom. The lowest BCUT2D eigenvalue weighted by Gasteiger charge is -2.33. The maximum atomic E-state index is 14.3. The van der Waals surface area contributed by atoms with Crippen LogP contribution in [0.25, 0.3) is 0 Å². The van der Waals surface area contributed by atoms with Crippen molar-refractivity contribution >= 4 is 27.5 Å². The van der Waals surface area contributed by atoms with Gasteiger partial charge >= 0.3 is 0 Å². The lowest BCUT2D eigenvalue weighted by atomic mass is 10.1. The molecule has 0 aromatic heterocycles. The van der Waals surface area contributed by atoms with Gasteiger partial charge in [0.15, 0.2) is 11.5 Å². The van der Waals surface area contributed by atoms with E-state index in [-0.39, 0.29) is 34.8 Å². The van der Waals surface area contributed by atoms with Gasteiger partial charge in [0.1, 0.15) is 18.3 Å². The molecule has 11 heteroatoms. The first-order valence-electron chi connectivity index (χ1n) is 15.2. The highest BCUT2D eigenvalue weighted by atomic mass is 32.2. The van der Waals surface area contributed by atoms with Crippen molar-refractivity contribution in [1.82, 2.24) is 10.2 Å². The Morgan fingerprint density at radius 1 is 0.867 bits per heavy atom. The number of hydrogen-bond donors (Lipinski definition) is 1. The first kappa shape index (κ1) is 35.2. The lowest BCUT2D eigenvalue weighted by Crippen LogP contribution is -2.54. The average Bonchev–Trinajstić information content (AvgIpc) is 3.05. The van der Waals surface area contributed by atoms with E-state index in [9.17, 15) is 18.0 Å². The van der Waals surface area contributed by atoms with Crippen LogP contribution in [0.1, 0.15) is 46.1 Å². The van der Waals surface area contributed by atoms with Crippen molar-refractivity contribution < 1.29 is 32.2 Å². The zero-order valence-electron chi connectivity index (χ0n) is 27.0. The van der Waals surface area contributed by atoms with Crippen LogP contribution in [-0.4, -0.2) is 71.1 Å². The number of carbonyl (C=O) groups excluding carboxylic acids is 2. The van der Waals surface area contributed by atoms with Gasteiger partial charge < -0.3 is 24.4 Å². The van der Waals surface area contributed by atoms with Crippen molar-refractivity contribution in [1.29, 1.82) is 0 Å². The van der Waals surface area contributed by atoms with Crippen LogP contribution < -0.4 is 23.8 Å². The van der Waals surface area contributed by atoms with E-state index in [1.165, 1.54) is 37.3 Å². The Labute approximate surface area is 267 Å². The van der Waals surface area contributed by atoms with E-state index >= 15 is 0 Å². The number of benzene rings is 3. The molecular weight excluding hydrogens is 594 g/mol. The lowest BCUT2D eigenvalue weighted by molar-refractivity contribution is -0.139. The Bertz CT molecular complexity index is 1500. The van der Waals surface area contributed by atoms with E-state index in [0.29, 0.717) is 30.9 Å². The number of anilines is 1. The van der Waals surface area contributed by atoms with Gasteiger partial charge in [-0.15, -0.1) is 0 Å². The van der Waals surface area contributed by atoms with Crippen molar-refractivity contribution in [3.8, 4) is 17.2 Å². The minimum atomic E-state index is -4.30. The highest BCUT2D eigenvalue weighted by molar-refractivity contribution is 7.92. The number of nitrogens with one attached hydrogen (secondary N) is 1. The number of nitrogens with zero attached hydrogens (tertiary/aromatic N) is 2. The normalized spacial score (nSPS) is 12.5. The van der Waals surface area contributed by atoms with Gasteiger partial charge in [-0.2, -0.15) is 0 Å². The summed E-state index contributed by atoms with van der Waals surface area (Å²) in [7, 11) is -1.42. The predicted molar refractivity (Wildman–Crippen MR) is 176 cm³/mol. The van der Waals surface area contributed by atoms with Gasteiger partial charge in [-0.25, -0.2) is 8.42 Å². The van der Waals surface area contributed by atoms with Crippen molar-refractivity contribution in [3.05, 3.63) is 78.4 Å². The summed E-state index contributed by atoms with van der Waals surface area (Å²) in [6, 6.07) is 19.6. The van der Waals surface area contributed by atoms with Crippen molar-refractivity contribution in [3.63, 3.8) is 0 Å². The molecule has 0 aliphatic carbocycles. The molecular formula is C34H45N3O7S. The Kier molecular flexibility index (Phi) is 13.1. The number of ether oxygens (including phenoxy) is 3. The quantitative estimate of drug-likeness (QED) is 0.220. The number of hydrogen-bond acceptors (Lipinski definition) is 7. The fourth-order valence-corrected chi connectivity index (χ4v) is 6.28. The smallest absolute Gasteiger partial charge is 0.264 e. The monoisotopic (exact) mass is 639 g/mol. The van der Waals surface area contributed by atoms with Crippen LogP contribution in [-0.2, 0) is 26.0 Å². The molecule has 0 bridgehead atoms. The molecule has 0 radical (unpaired) electrons. The van der Waals surface area contributed by atoms with E-state index < -0.39 is 28.5 Å². The van der Waals surface area contributed by atoms with E-state index in [0.717, 1.165) is 16.3 Å². The third-order valence-electron chi connectivity index (χ3n) is 7.53. The number of sulfonamides is 1. The minimum Gasteiger partial charge on any atom is -0.494 e. The van der Waals surface area contributed by atoms with E-state index in [1.54, 1.807) is 24.3 Å². The molecule has 3 rings (SSSR count). The summed E-state index contributed by atoms with van der Waals surface area (Å²) in [6.45, 7) is 7.71. The Balaban J connectivity index is 2.07. The van der Waals surface area contributed by atoms with Gasteiger partial charge in [-0.05, 0) is 75.1 Å². The molecule has 0 aliphatic heterocycles. The molecule has 2 atom stereocenters. The zero-order valence-corrected chi connectivity index (χ0v) is 27.8. The van der Waals surface area contributed by atoms with Crippen molar-refractivity contribution in [2.75, 3.05) is 38.2 Å². The maximum absolute atomic E-state index is 14.3. The molecule has 244 valence electrons. The first-order valence-corrected chi connectivity index (χ1v) is 16.6. The molecule has 45 heavy (non-hydrogen) atoms. The molecule has 3 aromatic carbocycles. The number of methoxy groups -OCH3 is 2. The van der Waals surface area contributed by atoms with Crippen LogP contribution >= 0.6 is 0 Å². The number of carbonyl (C=O) groups is 2. The standard InChI is InChI=1S/C34H45N3O7S/c1-7-25(4)35-34(39)30(8-2)36(22-21-26-13-11-10-12-14-26)33(38)24-37(27-15-17-28(18-16-27)44-9-3)45(40,41)29-19-20-31(42-5)32(23-29)43-6/h10-20,23,25,30H,7-9,21-22,24H2,1-6H3,(H,35,39)/t25-,30-/m0/s1. The van der Waals surface area contributed by atoms with Crippen LogP contribution in [0.2, 0.25) is 0 Å². The fourth-order valence-electron chi connectivity index (χ4n) is 4.85. The number of amides is 2. The molecule has 0 saturated carbocycles. The summed E-state index contributed by atoms with van der Waals surface area (Å²) >= 11 is 0. The molecule has 0 saturated heterocycles. The maximum Gasteiger partial charge on any atom is 0.264 e. The largest absolute Gasteiger partial charge is 0.494 e. The van der Waals surface area contributed by atoms with E-state index in [1.807, 2.05) is 58.0 Å². The van der Waals surface area contributed by atoms with Gasteiger partial charge in [0, 0.05) is 18.7 Å². The van der Waals surface area contributed by atoms with Crippen LogP contribution in [0.5, 0.6) is 17.2 Å². The Hall–Kier alpha value is -4.25. The van der Waals surface area contributed by atoms with Crippen LogP contribution in [0.15, 0.2) is 77.7 Å². The summed E-state index contributed by atoms with van der Waals surface area (Å²) < 4.78 is 45.8. The third-order valence-corrected chi connectivity index (χ3v) is 9.30. The van der Waals surface area contributed by atoms with E-state index in [2.05, 4.69) is 5.32 Å². The second-order valence-electron chi connectivity index (χ2n) is 10.5. The second-order valence-corrected chi connectivity index (χ2v) is 12.4. The molecule has 0 spiro atoms. The minimum absolute atomic E-state index is 0.0802. The second kappa shape index (κ2) is 16.7. The highest BCUT2D eigenvalue weighted by Crippen LogP contribution is 2.33. The summed E-state index contributed by atoms with van der Waals surface area (Å²) in [4.78, 5) is 29.1. The first-order chi connectivity index (χ1) is 21.6. The van der Waals surface area contributed by atoms with Crippen LogP contribution in [0.4, 0.5) is 5.69 Å². The van der Waals surface area contributed by atoms with Gasteiger partial charge in [-0.1, -0.05) is 44.2 Å². The Morgan fingerprint density at radius 3 is 2.11 bits per heavy atom. The van der Waals surface area contributed by atoms with E-state index in [4.69, 9.17) is 14.2 Å². The number of rotatable bonds is 17. The van der Waals surface area contributed by atoms with Gasteiger partial charge in [-0.3, -0.25) is 13.9 Å². The van der Waals surface area contributed by atoms with Crippen molar-refractivity contribution in [2.24, 2.45) is 0 Å². The third kappa shape index (κ3) is 9.13. The highest BCUT2D eigenvalue weighted by Gasteiger charge is 2.34. The van der Waals surface area contributed by atoms with Gasteiger partial charge in [0.25, 0.3) is 10.0 Å². The molecule has 0 aliphatic rings. The molecule has 0 unspecified atom stereocenters. The summed E-state index contributed by atoms with van der Waals surface area (Å²) in [5.41, 5.74) is 1.26. The van der Waals surface area contributed by atoms with Crippen LogP contribution in [0, 0.1) is 0 Å². The zero-order chi connectivity index (χ0) is 33.0. The summed E-state index contributed by atoms with van der Waals surface area (Å²) in [6.07, 6.45) is 1.58. The van der Waals surface area contributed by atoms with Gasteiger partial charge in [0.05, 0.1) is 31.4 Å². The molecule has 0 fully saturated rings. The summed E-state index contributed by atoms with van der Waals surface area (Å²) in [5, 5.41) is 2.99. The molecule has 10 nitrogen and oxygen atoms in total. The van der Waals surface area contributed by atoms with Crippen LogP contribution in [0.3, 0.4) is 0 Å². The molecule has 2 amide bonds. The molecule has 3 aromatic rings. The van der Waals surface area contributed by atoms with Crippen molar-refractivity contribution in [2.45, 2.75) is 63.9 Å². The summed E-state index contributed by atoms with van der Waals surface area (Å²) in [5.74, 6) is 0.381. The SMILES string of the molecule is CCOc1ccc(N(CC(=O)N(CCc2ccccc2)[C@@H](CC)C(=O)N[C@@H](C)CC)S(=O)(=O)c2ccc(OC)c(OC)c2)cc1. The van der Waals surface area contributed by atoms with Gasteiger partial charge in [0.2, 0.25) is 11.8 Å². The fraction of sp³-hybridized carbons (Fsp3) is 0.412. The predicted octanol–water partition coefficient (Wildman–Crippen LogP) is 5.06. The topological polar surface area (TPSA) is 114 Å². The molecule has 1 N–H and O–H groups in total. The average molecular weight is 640 g/mol.